The normalized spacial score (nSPS) is 17.3. The third-order valence-electron chi connectivity index (χ3n) is 3.87. The Labute approximate surface area is 120 Å². The lowest BCUT2D eigenvalue weighted by Gasteiger charge is -2.35. The molecule has 20 heavy (non-hydrogen) atoms. The van der Waals surface area contributed by atoms with Crippen molar-refractivity contribution in [2.45, 2.75) is 24.8 Å². The van der Waals surface area contributed by atoms with E-state index in [-0.39, 0.29) is 5.54 Å². The summed E-state index contributed by atoms with van der Waals surface area (Å²) in [6, 6.07) is 5.36. The van der Waals surface area contributed by atoms with Gasteiger partial charge in [-0.15, -0.1) is 0 Å². The van der Waals surface area contributed by atoms with E-state index >= 15 is 0 Å². The van der Waals surface area contributed by atoms with Crippen molar-refractivity contribution in [1.29, 1.82) is 0 Å². The second-order valence-electron chi connectivity index (χ2n) is 5.29. The first-order valence-corrected chi connectivity index (χ1v) is 6.93. The quantitative estimate of drug-likeness (QED) is 0.759. The number of hydrogen-bond donors (Lipinski definition) is 2. The Balaban J connectivity index is 1.75. The maximum Gasteiger partial charge on any atom is 0.245 e. The fraction of sp³-hybridized carbons (Fsp3) is 0.286. The highest BCUT2D eigenvalue weighted by molar-refractivity contribution is 6.31. The molecule has 0 spiro atoms. The average molecular weight is 289 g/mol. The van der Waals surface area contributed by atoms with Crippen LogP contribution < -0.4 is 5.73 Å². The lowest BCUT2D eigenvalue weighted by atomic mass is 9.77. The number of aromatic amines is 1. The van der Waals surface area contributed by atoms with Gasteiger partial charge < -0.3 is 15.1 Å². The van der Waals surface area contributed by atoms with E-state index in [9.17, 15) is 0 Å². The minimum Gasteiger partial charge on any atom is -0.435 e. The molecule has 1 aliphatic rings. The molecule has 5 nitrogen and oxygen atoms in total. The standard InChI is InChI=1S/C14H13ClN4O/c15-8-2-3-11-9(6-8)18-12(20-11)10-7-17-13(19-10)14(16)4-1-5-14/h2-3,6-7H,1,4-5,16H2,(H,17,19). The number of rotatable bonds is 2. The summed E-state index contributed by atoms with van der Waals surface area (Å²) in [5.74, 6) is 1.31. The minimum absolute atomic E-state index is 0.312. The first-order chi connectivity index (χ1) is 9.64. The zero-order valence-electron chi connectivity index (χ0n) is 10.7. The van der Waals surface area contributed by atoms with Crippen LogP contribution in [0.5, 0.6) is 0 Å². The van der Waals surface area contributed by atoms with Crippen LogP contribution in [0.4, 0.5) is 0 Å². The van der Waals surface area contributed by atoms with Gasteiger partial charge >= 0.3 is 0 Å². The molecule has 0 saturated heterocycles. The number of fused-ring (bicyclic) bond motifs is 1. The van der Waals surface area contributed by atoms with Crippen LogP contribution in [-0.4, -0.2) is 15.0 Å². The molecule has 3 N–H and O–H groups in total. The fourth-order valence-corrected chi connectivity index (χ4v) is 2.66. The SMILES string of the molecule is NC1(c2ncc(-c3nc4cc(Cl)ccc4o3)[nH]2)CCC1. The number of oxazole rings is 1. The summed E-state index contributed by atoms with van der Waals surface area (Å²) in [5, 5.41) is 0.637. The molecule has 0 aliphatic heterocycles. The van der Waals surface area contributed by atoms with Gasteiger partial charge in [-0.1, -0.05) is 11.6 Å². The number of nitrogens with one attached hydrogen (secondary N) is 1. The Morgan fingerprint density at radius 1 is 1.35 bits per heavy atom. The molecule has 0 radical (unpaired) electrons. The predicted molar refractivity (Wildman–Crippen MR) is 76.3 cm³/mol. The Kier molecular flexibility index (Phi) is 2.43. The van der Waals surface area contributed by atoms with Gasteiger partial charge in [-0.3, -0.25) is 0 Å². The van der Waals surface area contributed by atoms with Gasteiger partial charge in [0.05, 0.1) is 11.7 Å². The lowest BCUT2D eigenvalue weighted by molar-refractivity contribution is 0.240. The van der Waals surface area contributed by atoms with E-state index in [1.54, 1.807) is 18.3 Å². The molecule has 0 atom stereocenters. The maximum absolute atomic E-state index is 6.25. The van der Waals surface area contributed by atoms with Crippen molar-refractivity contribution in [3.8, 4) is 11.6 Å². The third kappa shape index (κ3) is 1.74. The van der Waals surface area contributed by atoms with E-state index in [4.69, 9.17) is 21.8 Å². The highest BCUT2D eigenvalue weighted by Gasteiger charge is 2.37. The lowest BCUT2D eigenvalue weighted by Crippen LogP contribution is -2.44. The van der Waals surface area contributed by atoms with Crippen molar-refractivity contribution in [3.63, 3.8) is 0 Å². The molecule has 3 aromatic rings. The van der Waals surface area contributed by atoms with Gasteiger partial charge in [0.25, 0.3) is 0 Å². The van der Waals surface area contributed by atoms with Crippen molar-refractivity contribution in [1.82, 2.24) is 15.0 Å². The summed E-state index contributed by atoms with van der Waals surface area (Å²) in [5.41, 5.74) is 8.11. The van der Waals surface area contributed by atoms with E-state index in [1.165, 1.54) is 0 Å². The number of nitrogens with two attached hydrogens (primary N) is 1. The molecular formula is C14H13ClN4O. The monoisotopic (exact) mass is 288 g/mol. The van der Waals surface area contributed by atoms with Gasteiger partial charge in [0.2, 0.25) is 5.89 Å². The summed E-state index contributed by atoms with van der Waals surface area (Å²) >= 11 is 5.95. The largest absolute Gasteiger partial charge is 0.435 e. The van der Waals surface area contributed by atoms with Crippen LogP contribution in [0.15, 0.2) is 28.8 Å². The molecule has 2 heterocycles. The van der Waals surface area contributed by atoms with Gasteiger partial charge in [0, 0.05) is 5.02 Å². The second-order valence-corrected chi connectivity index (χ2v) is 5.72. The topological polar surface area (TPSA) is 80.7 Å². The van der Waals surface area contributed by atoms with Crippen molar-refractivity contribution in [2.75, 3.05) is 0 Å². The molecule has 1 saturated carbocycles. The first kappa shape index (κ1) is 11.9. The number of nitrogens with zero attached hydrogens (tertiary/aromatic N) is 2. The van der Waals surface area contributed by atoms with E-state index in [1.807, 2.05) is 6.07 Å². The summed E-state index contributed by atoms with van der Waals surface area (Å²) in [6.07, 6.45) is 4.79. The first-order valence-electron chi connectivity index (χ1n) is 6.55. The van der Waals surface area contributed by atoms with E-state index in [2.05, 4.69) is 15.0 Å². The van der Waals surface area contributed by atoms with Gasteiger partial charge in [-0.25, -0.2) is 9.97 Å². The van der Waals surface area contributed by atoms with Gasteiger partial charge in [-0.05, 0) is 37.5 Å². The fourth-order valence-electron chi connectivity index (χ4n) is 2.49. The Bertz CT molecular complexity index is 787. The highest BCUT2D eigenvalue weighted by Crippen LogP contribution is 2.37. The van der Waals surface area contributed by atoms with Crippen molar-refractivity contribution in [3.05, 3.63) is 35.2 Å². The van der Waals surface area contributed by atoms with Crippen molar-refractivity contribution < 1.29 is 4.42 Å². The van der Waals surface area contributed by atoms with Crippen LogP contribution in [0.3, 0.4) is 0 Å². The molecular weight excluding hydrogens is 276 g/mol. The molecule has 102 valence electrons. The zero-order chi connectivity index (χ0) is 13.7. The van der Waals surface area contributed by atoms with Crippen LogP contribution in [0.2, 0.25) is 5.02 Å². The number of H-pyrrole nitrogens is 1. The molecule has 2 aromatic heterocycles. The molecule has 6 heteroatoms. The number of imidazole rings is 1. The number of benzene rings is 1. The van der Waals surface area contributed by atoms with Gasteiger partial charge in [-0.2, -0.15) is 0 Å². The number of halogens is 1. The second kappa shape index (κ2) is 4.07. The van der Waals surface area contributed by atoms with Gasteiger partial charge in [0.1, 0.15) is 17.0 Å². The van der Waals surface area contributed by atoms with Gasteiger partial charge in [0.15, 0.2) is 5.58 Å². The molecule has 1 aliphatic carbocycles. The highest BCUT2D eigenvalue weighted by atomic mass is 35.5. The zero-order valence-corrected chi connectivity index (χ0v) is 11.4. The summed E-state index contributed by atoms with van der Waals surface area (Å²) in [6.45, 7) is 0. The average Bonchev–Trinajstić information content (AvgIpc) is 3.01. The number of aromatic nitrogens is 3. The third-order valence-corrected chi connectivity index (χ3v) is 4.11. The summed E-state index contributed by atoms with van der Waals surface area (Å²) < 4.78 is 5.70. The molecule has 1 fully saturated rings. The van der Waals surface area contributed by atoms with Crippen LogP contribution in [0, 0.1) is 0 Å². The molecule has 0 amide bonds. The van der Waals surface area contributed by atoms with Crippen LogP contribution in [-0.2, 0) is 5.54 Å². The van der Waals surface area contributed by atoms with Crippen molar-refractivity contribution in [2.24, 2.45) is 5.73 Å². The van der Waals surface area contributed by atoms with Crippen LogP contribution >= 0.6 is 11.6 Å². The van der Waals surface area contributed by atoms with E-state index in [0.29, 0.717) is 16.5 Å². The Hall–Kier alpha value is -1.85. The Morgan fingerprint density at radius 2 is 2.20 bits per heavy atom. The van der Waals surface area contributed by atoms with E-state index < -0.39 is 0 Å². The molecule has 0 unspecified atom stereocenters. The minimum atomic E-state index is -0.312. The summed E-state index contributed by atoms with van der Waals surface area (Å²) in [4.78, 5) is 12.0. The molecule has 1 aromatic carbocycles. The summed E-state index contributed by atoms with van der Waals surface area (Å²) in [7, 11) is 0. The smallest absolute Gasteiger partial charge is 0.245 e. The number of hydrogen-bond acceptors (Lipinski definition) is 4. The maximum atomic E-state index is 6.25. The molecule has 0 bridgehead atoms. The van der Waals surface area contributed by atoms with Crippen LogP contribution in [0.1, 0.15) is 25.1 Å². The van der Waals surface area contributed by atoms with E-state index in [0.717, 1.165) is 36.3 Å². The Morgan fingerprint density at radius 3 is 2.95 bits per heavy atom. The van der Waals surface area contributed by atoms with Crippen molar-refractivity contribution >= 4 is 22.7 Å². The predicted octanol–water partition coefficient (Wildman–Crippen LogP) is 3.21. The molecule has 4 rings (SSSR count). The van der Waals surface area contributed by atoms with Crippen LogP contribution in [0.25, 0.3) is 22.7 Å².